The molecule has 90 valence electrons. The van der Waals surface area contributed by atoms with Gasteiger partial charge in [-0.05, 0) is 36.8 Å². The van der Waals surface area contributed by atoms with Crippen molar-refractivity contribution in [2.45, 2.75) is 6.92 Å². The predicted octanol–water partition coefficient (Wildman–Crippen LogP) is 3.28. The zero-order valence-electron chi connectivity index (χ0n) is 9.77. The summed E-state index contributed by atoms with van der Waals surface area (Å²) in [5.41, 5.74) is 3.39. The molecule has 0 unspecified atom stereocenters. The van der Waals surface area contributed by atoms with Crippen LogP contribution in [0.25, 0.3) is 16.7 Å². The van der Waals surface area contributed by atoms with Crippen molar-refractivity contribution in [3.05, 3.63) is 63.5 Å². The molecule has 3 nitrogen and oxygen atoms in total. The van der Waals surface area contributed by atoms with Gasteiger partial charge in [-0.1, -0.05) is 29.8 Å². The number of H-pyrrole nitrogens is 1. The number of nitrogens with zero attached hydrogens (tertiary/aromatic N) is 1. The van der Waals surface area contributed by atoms with Gasteiger partial charge in [0.1, 0.15) is 0 Å². The summed E-state index contributed by atoms with van der Waals surface area (Å²) in [6.07, 6.45) is 0. The fourth-order valence-electron chi connectivity index (χ4n) is 2.19. The molecule has 0 saturated carbocycles. The molecule has 0 bridgehead atoms. The minimum atomic E-state index is -0.151. The molecule has 18 heavy (non-hydrogen) atoms. The Labute approximate surface area is 109 Å². The smallest absolute Gasteiger partial charge is 0.305 e. The van der Waals surface area contributed by atoms with E-state index in [0.29, 0.717) is 5.02 Å². The van der Waals surface area contributed by atoms with Crippen LogP contribution in [-0.4, -0.2) is 9.55 Å². The monoisotopic (exact) mass is 258 g/mol. The van der Waals surface area contributed by atoms with Crippen LogP contribution in [0, 0.1) is 6.92 Å². The number of fused-ring (bicyclic) bond motifs is 1. The Kier molecular flexibility index (Phi) is 2.49. The van der Waals surface area contributed by atoms with E-state index in [4.69, 9.17) is 11.6 Å². The molecule has 0 amide bonds. The molecule has 0 fully saturated rings. The van der Waals surface area contributed by atoms with Crippen molar-refractivity contribution >= 4 is 22.6 Å². The van der Waals surface area contributed by atoms with Crippen molar-refractivity contribution in [3.8, 4) is 5.69 Å². The highest BCUT2D eigenvalue weighted by molar-refractivity contribution is 6.30. The number of rotatable bonds is 1. The molecule has 0 atom stereocenters. The first-order valence-electron chi connectivity index (χ1n) is 5.63. The van der Waals surface area contributed by atoms with Crippen LogP contribution >= 0.6 is 11.6 Å². The molecule has 1 heterocycles. The molecule has 0 aliphatic heterocycles. The normalized spacial score (nSPS) is 11.0. The number of halogens is 1. The van der Waals surface area contributed by atoms with Gasteiger partial charge in [0.05, 0.1) is 16.7 Å². The SMILES string of the molecule is Cc1cccc2[nH]c(=O)n(-c3cccc(Cl)c3)c12. The lowest BCUT2D eigenvalue weighted by atomic mass is 10.2. The minimum absolute atomic E-state index is 0.151. The highest BCUT2D eigenvalue weighted by Gasteiger charge is 2.10. The van der Waals surface area contributed by atoms with E-state index in [1.165, 1.54) is 0 Å². The van der Waals surface area contributed by atoms with Crippen LogP contribution in [0.2, 0.25) is 5.02 Å². The average Bonchev–Trinajstić information content (AvgIpc) is 2.67. The van der Waals surface area contributed by atoms with E-state index in [1.807, 2.05) is 37.3 Å². The van der Waals surface area contributed by atoms with Crippen molar-refractivity contribution in [1.82, 2.24) is 9.55 Å². The quantitative estimate of drug-likeness (QED) is 0.715. The standard InChI is InChI=1S/C14H11ClN2O/c1-9-4-2-7-12-13(9)17(14(18)16-12)11-6-3-5-10(15)8-11/h2-8H,1H3,(H,16,18). The molecule has 0 aliphatic carbocycles. The summed E-state index contributed by atoms with van der Waals surface area (Å²) < 4.78 is 1.65. The molecule has 3 aromatic rings. The highest BCUT2D eigenvalue weighted by Crippen LogP contribution is 2.20. The lowest BCUT2D eigenvalue weighted by Crippen LogP contribution is -2.14. The van der Waals surface area contributed by atoms with E-state index in [2.05, 4.69) is 4.98 Å². The van der Waals surface area contributed by atoms with Gasteiger partial charge < -0.3 is 4.98 Å². The fraction of sp³-hybridized carbons (Fsp3) is 0.0714. The summed E-state index contributed by atoms with van der Waals surface area (Å²) in [6.45, 7) is 1.98. The maximum absolute atomic E-state index is 12.1. The van der Waals surface area contributed by atoms with E-state index >= 15 is 0 Å². The van der Waals surface area contributed by atoms with E-state index < -0.39 is 0 Å². The summed E-state index contributed by atoms with van der Waals surface area (Å²) in [5, 5.41) is 0.613. The van der Waals surface area contributed by atoms with Crippen LogP contribution < -0.4 is 5.69 Å². The second-order valence-electron chi connectivity index (χ2n) is 4.22. The van der Waals surface area contributed by atoms with Crippen LogP contribution in [0.3, 0.4) is 0 Å². The average molecular weight is 259 g/mol. The molecular weight excluding hydrogens is 248 g/mol. The topological polar surface area (TPSA) is 37.8 Å². The number of imidazole rings is 1. The number of benzene rings is 2. The number of nitrogens with one attached hydrogen (secondary N) is 1. The van der Waals surface area contributed by atoms with Crippen LogP contribution in [0.5, 0.6) is 0 Å². The summed E-state index contributed by atoms with van der Waals surface area (Å²) in [4.78, 5) is 14.9. The van der Waals surface area contributed by atoms with Crippen LogP contribution in [0.15, 0.2) is 47.3 Å². The minimum Gasteiger partial charge on any atom is -0.305 e. The third kappa shape index (κ3) is 1.64. The van der Waals surface area contributed by atoms with E-state index in [1.54, 1.807) is 16.7 Å². The van der Waals surface area contributed by atoms with E-state index in [0.717, 1.165) is 22.3 Å². The van der Waals surface area contributed by atoms with Gasteiger partial charge in [0.2, 0.25) is 0 Å². The number of para-hydroxylation sites is 1. The third-order valence-corrected chi connectivity index (χ3v) is 3.21. The molecular formula is C14H11ClN2O. The zero-order valence-corrected chi connectivity index (χ0v) is 10.5. The second kappa shape index (κ2) is 4.03. The lowest BCUT2D eigenvalue weighted by Gasteiger charge is -2.05. The fourth-order valence-corrected chi connectivity index (χ4v) is 2.38. The van der Waals surface area contributed by atoms with Gasteiger partial charge in [0.25, 0.3) is 0 Å². The lowest BCUT2D eigenvalue weighted by molar-refractivity contribution is 1.01. The Balaban J connectivity index is 2.42. The van der Waals surface area contributed by atoms with E-state index in [-0.39, 0.29) is 5.69 Å². The van der Waals surface area contributed by atoms with Crippen LogP contribution in [0.4, 0.5) is 0 Å². The van der Waals surface area contributed by atoms with Gasteiger partial charge in [-0.2, -0.15) is 0 Å². The summed E-state index contributed by atoms with van der Waals surface area (Å²) in [5.74, 6) is 0. The van der Waals surface area contributed by atoms with Crippen molar-refractivity contribution in [2.24, 2.45) is 0 Å². The van der Waals surface area contributed by atoms with Crippen molar-refractivity contribution < 1.29 is 0 Å². The van der Waals surface area contributed by atoms with Gasteiger partial charge in [0, 0.05) is 5.02 Å². The highest BCUT2D eigenvalue weighted by atomic mass is 35.5. The van der Waals surface area contributed by atoms with E-state index in [9.17, 15) is 4.79 Å². The largest absolute Gasteiger partial charge is 0.331 e. The molecule has 3 rings (SSSR count). The Hall–Kier alpha value is -2.00. The number of hydrogen-bond donors (Lipinski definition) is 1. The van der Waals surface area contributed by atoms with Gasteiger partial charge in [0.15, 0.2) is 0 Å². The Morgan fingerprint density at radius 1 is 1.17 bits per heavy atom. The van der Waals surface area contributed by atoms with Crippen LogP contribution in [0.1, 0.15) is 5.56 Å². The number of aryl methyl sites for hydroxylation is 1. The maximum atomic E-state index is 12.1. The molecule has 1 N–H and O–H groups in total. The number of aromatic amines is 1. The van der Waals surface area contributed by atoms with Crippen molar-refractivity contribution in [2.75, 3.05) is 0 Å². The molecule has 0 spiro atoms. The Morgan fingerprint density at radius 3 is 2.72 bits per heavy atom. The van der Waals surface area contributed by atoms with Crippen LogP contribution in [-0.2, 0) is 0 Å². The molecule has 4 heteroatoms. The van der Waals surface area contributed by atoms with Gasteiger partial charge in [-0.25, -0.2) is 4.79 Å². The Bertz CT molecular complexity index is 786. The number of aromatic nitrogens is 2. The molecule has 2 aromatic carbocycles. The molecule has 0 radical (unpaired) electrons. The molecule has 0 saturated heterocycles. The number of hydrogen-bond acceptors (Lipinski definition) is 1. The second-order valence-corrected chi connectivity index (χ2v) is 4.65. The summed E-state index contributed by atoms with van der Waals surface area (Å²) in [7, 11) is 0. The first-order valence-corrected chi connectivity index (χ1v) is 6.01. The molecule has 0 aliphatic rings. The van der Waals surface area contributed by atoms with Crippen molar-refractivity contribution in [3.63, 3.8) is 0 Å². The maximum Gasteiger partial charge on any atom is 0.331 e. The summed E-state index contributed by atoms with van der Waals surface area (Å²) >= 11 is 5.98. The predicted molar refractivity (Wildman–Crippen MR) is 73.6 cm³/mol. The van der Waals surface area contributed by atoms with Crippen molar-refractivity contribution in [1.29, 1.82) is 0 Å². The van der Waals surface area contributed by atoms with Gasteiger partial charge in [-0.3, -0.25) is 4.57 Å². The van der Waals surface area contributed by atoms with Gasteiger partial charge >= 0.3 is 5.69 Å². The Morgan fingerprint density at radius 2 is 1.94 bits per heavy atom. The zero-order chi connectivity index (χ0) is 12.7. The molecule has 1 aromatic heterocycles. The first kappa shape index (κ1) is 11.1. The van der Waals surface area contributed by atoms with Gasteiger partial charge in [-0.15, -0.1) is 0 Å². The first-order chi connectivity index (χ1) is 8.66. The summed E-state index contributed by atoms with van der Waals surface area (Å²) in [6, 6.07) is 13.1. The third-order valence-electron chi connectivity index (χ3n) is 2.97.